The van der Waals surface area contributed by atoms with Gasteiger partial charge in [-0.1, -0.05) is 18.5 Å². The lowest BCUT2D eigenvalue weighted by atomic mass is 10.2. The van der Waals surface area contributed by atoms with E-state index in [1.165, 1.54) is 10.4 Å². The van der Waals surface area contributed by atoms with Crippen LogP contribution in [0.5, 0.6) is 0 Å². The van der Waals surface area contributed by atoms with E-state index in [9.17, 15) is 13.2 Å². The van der Waals surface area contributed by atoms with Crippen LogP contribution in [0.1, 0.15) is 13.3 Å². The van der Waals surface area contributed by atoms with Gasteiger partial charge in [0.15, 0.2) is 0 Å². The van der Waals surface area contributed by atoms with Crippen LogP contribution in [0.2, 0.25) is 4.34 Å². The molecule has 21 heavy (non-hydrogen) atoms. The first kappa shape index (κ1) is 15.3. The van der Waals surface area contributed by atoms with E-state index >= 15 is 0 Å². The van der Waals surface area contributed by atoms with Crippen LogP contribution in [-0.2, 0) is 14.8 Å². The van der Waals surface area contributed by atoms with Crippen LogP contribution in [0, 0.1) is 11.8 Å². The summed E-state index contributed by atoms with van der Waals surface area (Å²) < 4.78 is 27.1. The highest BCUT2D eigenvalue weighted by atomic mass is 35.5. The first-order valence-corrected chi connectivity index (χ1v) is 9.57. The van der Waals surface area contributed by atoms with Crippen molar-refractivity contribution in [3.63, 3.8) is 0 Å². The largest absolute Gasteiger partial charge is 0.340 e. The summed E-state index contributed by atoms with van der Waals surface area (Å²) in [5.74, 6) is 0.815. The minimum Gasteiger partial charge on any atom is -0.340 e. The maximum Gasteiger partial charge on any atom is 0.252 e. The number of sulfonamides is 1. The van der Waals surface area contributed by atoms with Gasteiger partial charge in [-0.25, -0.2) is 8.42 Å². The monoisotopic (exact) mass is 348 g/mol. The van der Waals surface area contributed by atoms with Gasteiger partial charge in [0.2, 0.25) is 5.91 Å². The third-order valence-corrected chi connectivity index (χ3v) is 7.72. The van der Waals surface area contributed by atoms with Crippen molar-refractivity contribution < 1.29 is 13.2 Å². The van der Waals surface area contributed by atoms with Crippen LogP contribution >= 0.6 is 22.9 Å². The van der Waals surface area contributed by atoms with Gasteiger partial charge in [-0.2, -0.15) is 4.31 Å². The van der Waals surface area contributed by atoms with E-state index in [0.29, 0.717) is 36.4 Å². The molecule has 1 saturated carbocycles. The second-order valence-electron chi connectivity index (χ2n) is 5.61. The second-order valence-corrected chi connectivity index (χ2v) is 9.49. The quantitative estimate of drug-likeness (QED) is 0.838. The van der Waals surface area contributed by atoms with Gasteiger partial charge < -0.3 is 4.90 Å². The van der Waals surface area contributed by atoms with E-state index < -0.39 is 10.0 Å². The molecular formula is C13H17ClN2O3S2. The summed E-state index contributed by atoms with van der Waals surface area (Å²) in [6.45, 7) is 3.72. The summed E-state index contributed by atoms with van der Waals surface area (Å²) in [6, 6.07) is 3.12. The number of piperazine rings is 1. The maximum atomic E-state index is 12.4. The summed E-state index contributed by atoms with van der Waals surface area (Å²) in [7, 11) is -3.48. The number of carbonyl (C=O) groups excluding carboxylic acids is 1. The molecule has 2 aliphatic rings. The van der Waals surface area contributed by atoms with Gasteiger partial charge in [-0.3, -0.25) is 4.79 Å². The molecule has 5 nitrogen and oxygen atoms in total. The number of amides is 1. The number of halogens is 1. The molecule has 8 heteroatoms. The zero-order valence-electron chi connectivity index (χ0n) is 11.7. The van der Waals surface area contributed by atoms with Crippen molar-refractivity contribution in [1.82, 2.24) is 9.21 Å². The Balaban J connectivity index is 1.64. The summed E-state index contributed by atoms with van der Waals surface area (Å²) in [5, 5.41) is 0. The first-order chi connectivity index (χ1) is 9.89. The van der Waals surface area contributed by atoms with Crippen LogP contribution in [0.4, 0.5) is 0 Å². The van der Waals surface area contributed by atoms with Crippen LogP contribution < -0.4 is 0 Å². The van der Waals surface area contributed by atoms with E-state index in [2.05, 4.69) is 6.92 Å². The fourth-order valence-corrected chi connectivity index (χ4v) is 5.67. The van der Waals surface area contributed by atoms with Crippen LogP contribution in [0.15, 0.2) is 16.3 Å². The van der Waals surface area contributed by atoms with Crippen molar-refractivity contribution in [3.05, 3.63) is 16.5 Å². The Morgan fingerprint density at radius 1 is 1.29 bits per heavy atom. The molecule has 1 aromatic heterocycles. The Hall–Kier alpha value is -0.630. The predicted molar refractivity (Wildman–Crippen MR) is 81.9 cm³/mol. The lowest BCUT2D eigenvalue weighted by Gasteiger charge is -2.33. The van der Waals surface area contributed by atoms with Gasteiger partial charge in [0.05, 0.1) is 4.34 Å². The summed E-state index contributed by atoms with van der Waals surface area (Å²) in [5.41, 5.74) is 0. The van der Waals surface area contributed by atoms with Gasteiger partial charge >= 0.3 is 0 Å². The molecule has 1 amide bonds. The molecule has 0 spiro atoms. The lowest BCUT2D eigenvalue weighted by Crippen LogP contribution is -2.50. The fraction of sp³-hybridized carbons (Fsp3) is 0.615. The number of nitrogens with zero attached hydrogens (tertiary/aromatic N) is 2. The van der Waals surface area contributed by atoms with Crippen molar-refractivity contribution in [1.29, 1.82) is 0 Å². The molecule has 1 aliphatic carbocycles. The van der Waals surface area contributed by atoms with Crippen LogP contribution in [-0.4, -0.2) is 49.7 Å². The Labute approximate surface area is 133 Å². The Bertz CT molecular complexity index is 650. The molecule has 0 N–H and O–H groups in total. The molecule has 0 unspecified atom stereocenters. The molecule has 3 rings (SSSR count). The second kappa shape index (κ2) is 5.53. The number of hydrogen-bond acceptors (Lipinski definition) is 4. The minimum absolute atomic E-state index is 0.157. The zero-order valence-corrected chi connectivity index (χ0v) is 14.0. The summed E-state index contributed by atoms with van der Waals surface area (Å²) in [4.78, 5) is 13.9. The van der Waals surface area contributed by atoms with E-state index in [-0.39, 0.29) is 16.0 Å². The molecule has 2 fully saturated rings. The Kier molecular flexibility index (Phi) is 4.02. The van der Waals surface area contributed by atoms with Crippen molar-refractivity contribution in [2.24, 2.45) is 11.8 Å². The van der Waals surface area contributed by atoms with Crippen LogP contribution in [0.3, 0.4) is 0 Å². The molecule has 0 aromatic carbocycles. The number of rotatable bonds is 3. The average Bonchev–Trinajstić information content (AvgIpc) is 3.02. The third kappa shape index (κ3) is 2.97. The minimum atomic E-state index is -3.48. The molecule has 2 heterocycles. The highest BCUT2D eigenvalue weighted by Gasteiger charge is 2.42. The van der Waals surface area contributed by atoms with E-state index in [1.54, 1.807) is 11.0 Å². The molecule has 2 atom stereocenters. The normalized spacial score (nSPS) is 26.9. The summed E-state index contributed by atoms with van der Waals surface area (Å²) in [6.07, 6.45) is 0.963. The van der Waals surface area contributed by atoms with E-state index in [4.69, 9.17) is 11.6 Å². The van der Waals surface area contributed by atoms with Crippen molar-refractivity contribution >= 4 is 38.9 Å². The van der Waals surface area contributed by atoms with Crippen molar-refractivity contribution in [2.45, 2.75) is 17.6 Å². The Morgan fingerprint density at radius 3 is 2.38 bits per heavy atom. The highest BCUT2D eigenvalue weighted by molar-refractivity contribution is 7.91. The smallest absolute Gasteiger partial charge is 0.252 e. The van der Waals surface area contributed by atoms with Gasteiger partial charge in [0, 0.05) is 32.1 Å². The molecule has 1 aliphatic heterocycles. The number of carbonyl (C=O) groups is 1. The Morgan fingerprint density at radius 2 is 1.90 bits per heavy atom. The zero-order chi connectivity index (χ0) is 15.2. The molecule has 1 aromatic rings. The topological polar surface area (TPSA) is 57.7 Å². The van der Waals surface area contributed by atoms with Gasteiger partial charge in [-0.05, 0) is 24.5 Å². The fourth-order valence-electron chi connectivity index (χ4n) is 2.61. The van der Waals surface area contributed by atoms with Crippen LogP contribution in [0.25, 0.3) is 0 Å². The molecular weight excluding hydrogens is 332 g/mol. The maximum absolute atomic E-state index is 12.4. The van der Waals surface area contributed by atoms with E-state index in [0.717, 1.165) is 17.8 Å². The van der Waals surface area contributed by atoms with E-state index in [1.807, 2.05) is 0 Å². The first-order valence-electron chi connectivity index (χ1n) is 6.94. The van der Waals surface area contributed by atoms with Gasteiger partial charge in [0.1, 0.15) is 4.21 Å². The molecule has 1 saturated heterocycles. The third-order valence-electron chi connectivity index (χ3n) is 4.12. The van der Waals surface area contributed by atoms with Crippen molar-refractivity contribution in [2.75, 3.05) is 26.2 Å². The highest BCUT2D eigenvalue weighted by Crippen LogP contribution is 2.39. The molecule has 116 valence electrons. The number of thiophene rings is 1. The predicted octanol–water partition coefficient (Wildman–Crippen LogP) is 1.89. The summed E-state index contributed by atoms with van der Waals surface area (Å²) >= 11 is 6.87. The van der Waals surface area contributed by atoms with Gasteiger partial charge in [-0.15, -0.1) is 11.3 Å². The SMILES string of the molecule is C[C@H]1C[C@H]1C(=O)N1CCN(S(=O)(=O)c2ccc(Cl)s2)CC1. The standard InChI is InChI=1S/C13H17ClN2O3S2/c1-9-8-10(9)13(17)15-4-6-16(7-5-15)21(18,19)12-3-2-11(14)20-12/h2-3,9-10H,4-8H2,1H3/t9-,10+/m0/s1. The molecule has 0 bridgehead atoms. The van der Waals surface area contributed by atoms with Crippen molar-refractivity contribution in [3.8, 4) is 0 Å². The average molecular weight is 349 g/mol. The van der Waals surface area contributed by atoms with Gasteiger partial charge in [0.25, 0.3) is 10.0 Å². The lowest BCUT2D eigenvalue weighted by molar-refractivity contribution is -0.134. The molecule has 0 radical (unpaired) electrons. The number of hydrogen-bond donors (Lipinski definition) is 0.